The molecular weight excluding hydrogens is 378 g/mol. The van der Waals surface area contributed by atoms with Gasteiger partial charge in [0.1, 0.15) is 0 Å². The van der Waals surface area contributed by atoms with Gasteiger partial charge in [-0.25, -0.2) is 0 Å². The van der Waals surface area contributed by atoms with Gasteiger partial charge in [-0.2, -0.15) is 0 Å². The van der Waals surface area contributed by atoms with Crippen LogP contribution in [0.15, 0.2) is 12.1 Å². The number of carbonyl (C=O) groups excluding carboxylic acids is 2. The Labute approximate surface area is 171 Å². The third-order valence-electron chi connectivity index (χ3n) is 4.83. The molecule has 162 valence electrons. The van der Waals surface area contributed by atoms with Gasteiger partial charge in [-0.05, 0) is 12.1 Å². The van der Waals surface area contributed by atoms with E-state index in [0.717, 1.165) is 13.1 Å². The molecule has 0 radical (unpaired) electrons. The number of rotatable bonds is 10. The van der Waals surface area contributed by atoms with E-state index in [1.165, 1.54) is 21.3 Å². The highest BCUT2D eigenvalue weighted by Crippen LogP contribution is 2.38. The van der Waals surface area contributed by atoms with Gasteiger partial charge in [-0.1, -0.05) is 0 Å². The van der Waals surface area contributed by atoms with E-state index in [-0.39, 0.29) is 18.2 Å². The first-order valence-electron chi connectivity index (χ1n) is 9.62. The van der Waals surface area contributed by atoms with E-state index in [1.807, 2.05) is 4.90 Å². The first-order chi connectivity index (χ1) is 14.0. The van der Waals surface area contributed by atoms with Crippen molar-refractivity contribution in [3.63, 3.8) is 0 Å². The van der Waals surface area contributed by atoms with Crippen LogP contribution in [0.5, 0.6) is 17.2 Å². The van der Waals surface area contributed by atoms with Crippen molar-refractivity contribution >= 4 is 11.8 Å². The summed E-state index contributed by atoms with van der Waals surface area (Å²) in [4.78, 5) is 29.1. The van der Waals surface area contributed by atoms with Crippen molar-refractivity contribution in [3.05, 3.63) is 17.7 Å². The van der Waals surface area contributed by atoms with E-state index in [4.69, 9.17) is 18.9 Å². The maximum atomic E-state index is 13.2. The molecule has 0 atom stereocenters. The van der Waals surface area contributed by atoms with Crippen molar-refractivity contribution in [2.45, 2.75) is 6.42 Å². The number of carbonyl (C=O) groups is 2. The van der Waals surface area contributed by atoms with Crippen molar-refractivity contribution in [1.82, 2.24) is 15.1 Å². The number of methoxy groups -OCH3 is 4. The molecule has 9 nitrogen and oxygen atoms in total. The fraction of sp³-hybridized carbons (Fsp3) is 0.600. The molecule has 2 rings (SSSR count). The lowest BCUT2D eigenvalue weighted by Gasteiger charge is -2.29. The van der Waals surface area contributed by atoms with Crippen LogP contribution in [0, 0.1) is 0 Å². The summed E-state index contributed by atoms with van der Waals surface area (Å²) >= 11 is 0. The second-order valence-electron chi connectivity index (χ2n) is 6.58. The maximum absolute atomic E-state index is 13.2. The Morgan fingerprint density at radius 3 is 2.14 bits per heavy atom. The van der Waals surface area contributed by atoms with Gasteiger partial charge in [0.2, 0.25) is 11.7 Å². The van der Waals surface area contributed by atoms with E-state index in [0.29, 0.717) is 55.6 Å². The fourth-order valence-corrected chi connectivity index (χ4v) is 3.21. The molecule has 1 N–H and O–H groups in total. The topological polar surface area (TPSA) is 89.6 Å². The van der Waals surface area contributed by atoms with Crippen molar-refractivity contribution in [2.75, 3.05) is 74.3 Å². The third-order valence-corrected chi connectivity index (χ3v) is 4.83. The minimum atomic E-state index is -0.227. The summed E-state index contributed by atoms with van der Waals surface area (Å²) in [7, 11) is 6.09. The van der Waals surface area contributed by atoms with Crippen molar-refractivity contribution in [3.8, 4) is 17.2 Å². The molecule has 29 heavy (non-hydrogen) atoms. The highest BCUT2D eigenvalue weighted by molar-refractivity contribution is 5.96. The van der Waals surface area contributed by atoms with E-state index < -0.39 is 0 Å². The maximum Gasteiger partial charge on any atom is 0.254 e. The molecule has 1 heterocycles. The largest absolute Gasteiger partial charge is 0.493 e. The Bertz CT molecular complexity index is 666. The first kappa shape index (κ1) is 22.8. The summed E-state index contributed by atoms with van der Waals surface area (Å²) in [5, 5.41) is 3.22. The number of nitrogens with zero attached hydrogens (tertiary/aromatic N) is 2. The van der Waals surface area contributed by atoms with Gasteiger partial charge < -0.3 is 34.1 Å². The third kappa shape index (κ3) is 5.98. The SMILES string of the molecule is COCCN(CCC(=O)N1CCNCC1)C(=O)c1cc(OC)c(OC)c(OC)c1. The van der Waals surface area contributed by atoms with Gasteiger partial charge in [-0.15, -0.1) is 0 Å². The van der Waals surface area contributed by atoms with Gasteiger partial charge in [0.15, 0.2) is 11.5 Å². The van der Waals surface area contributed by atoms with Crippen molar-refractivity contribution in [1.29, 1.82) is 0 Å². The lowest BCUT2D eigenvalue weighted by molar-refractivity contribution is -0.132. The Morgan fingerprint density at radius 1 is 1.00 bits per heavy atom. The summed E-state index contributed by atoms with van der Waals surface area (Å²) in [6, 6.07) is 3.23. The molecule has 0 bridgehead atoms. The molecule has 1 saturated heterocycles. The molecule has 9 heteroatoms. The van der Waals surface area contributed by atoms with Gasteiger partial charge in [0.25, 0.3) is 5.91 Å². The molecule has 2 amide bonds. The average molecular weight is 409 g/mol. The van der Waals surface area contributed by atoms with Crippen LogP contribution in [0.2, 0.25) is 0 Å². The van der Waals surface area contributed by atoms with Gasteiger partial charge >= 0.3 is 0 Å². The Hall–Kier alpha value is -2.52. The van der Waals surface area contributed by atoms with E-state index >= 15 is 0 Å². The molecule has 1 aliphatic heterocycles. The minimum absolute atomic E-state index is 0.0478. The Balaban J connectivity index is 2.16. The van der Waals surface area contributed by atoms with Crippen LogP contribution in [0.4, 0.5) is 0 Å². The number of hydrogen-bond donors (Lipinski definition) is 1. The summed E-state index contributed by atoms with van der Waals surface area (Å²) in [5.41, 5.74) is 0.394. The molecule has 0 spiro atoms. The summed E-state index contributed by atoms with van der Waals surface area (Å²) in [6.45, 7) is 4.03. The minimum Gasteiger partial charge on any atom is -0.493 e. The smallest absolute Gasteiger partial charge is 0.254 e. The van der Waals surface area contributed by atoms with Crippen molar-refractivity contribution in [2.24, 2.45) is 0 Å². The number of amides is 2. The normalized spacial score (nSPS) is 13.7. The lowest BCUT2D eigenvalue weighted by Crippen LogP contribution is -2.47. The monoisotopic (exact) mass is 409 g/mol. The Morgan fingerprint density at radius 2 is 1.62 bits per heavy atom. The zero-order chi connectivity index (χ0) is 21.2. The fourth-order valence-electron chi connectivity index (χ4n) is 3.21. The molecule has 0 aromatic heterocycles. The number of benzene rings is 1. The van der Waals surface area contributed by atoms with Crippen LogP contribution in [0.1, 0.15) is 16.8 Å². The predicted molar refractivity (Wildman–Crippen MR) is 108 cm³/mol. The zero-order valence-electron chi connectivity index (χ0n) is 17.7. The standard InChI is InChI=1S/C20H31N3O6/c1-26-12-11-23(8-5-18(24)22-9-6-21-7-10-22)20(25)15-13-16(27-2)19(29-4)17(14-15)28-3/h13-14,21H,5-12H2,1-4H3. The lowest BCUT2D eigenvalue weighted by atomic mass is 10.1. The van der Waals surface area contributed by atoms with E-state index in [1.54, 1.807) is 24.1 Å². The number of nitrogens with one attached hydrogen (secondary N) is 1. The molecule has 0 aliphatic carbocycles. The number of hydrogen-bond acceptors (Lipinski definition) is 7. The molecular formula is C20H31N3O6. The molecule has 1 aromatic rings. The van der Waals surface area contributed by atoms with Crippen LogP contribution >= 0.6 is 0 Å². The van der Waals surface area contributed by atoms with Crippen LogP contribution < -0.4 is 19.5 Å². The van der Waals surface area contributed by atoms with Crippen LogP contribution in [0.25, 0.3) is 0 Å². The molecule has 1 fully saturated rings. The molecule has 0 unspecified atom stereocenters. The summed E-state index contributed by atoms with van der Waals surface area (Å²) < 4.78 is 21.1. The predicted octanol–water partition coefficient (Wildman–Crippen LogP) is 0.623. The Kier molecular flexibility index (Phi) is 9.01. The number of piperazine rings is 1. The van der Waals surface area contributed by atoms with E-state index in [2.05, 4.69) is 5.32 Å². The van der Waals surface area contributed by atoms with Gasteiger partial charge in [0.05, 0.1) is 27.9 Å². The van der Waals surface area contributed by atoms with Crippen LogP contribution in [-0.4, -0.2) is 95.9 Å². The van der Waals surface area contributed by atoms with Crippen molar-refractivity contribution < 1.29 is 28.5 Å². The highest BCUT2D eigenvalue weighted by Gasteiger charge is 2.23. The molecule has 0 saturated carbocycles. The average Bonchev–Trinajstić information content (AvgIpc) is 2.77. The number of ether oxygens (including phenoxy) is 4. The van der Waals surface area contributed by atoms with Crippen LogP contribution in [-0.2, 0) is 9.53 Å². The van der Waals surface area contributed by atoms with Crippen LogP contribution in [0.3, 0.4) is 0 Å². The quantitative estimate of drug-likeness (QED) is 0.606. The van der Waals surface area contributed by atoms with Gasteiger partial charge in [0, 0.05) is 58.4 Å². The second-order valence-corrected chi connectivity index (χ2v) is 6.58. The first-order valence-corrected chi connectivity index (χ1v) is 9.62. The zero-order valence-corrected chi connectivity index (χ0v) is 17.7. The van der Waals surface area contributed by atoms with E-state index in [9.17, 15) is 9.59 Å². The molecule has 1 aromatic carbocycles. The highest BCUT2D eigenvalue weighted by atomic mass is 16.5. The van der Waals surface area contributed by atoms with Gasteiger partial charge in [-0.3, -0.25) is 9.59 Å². The summed E-state index contributed by atoms with van der Waals surface area (Å²) in [5.74, 6) is 1.04. The second kappa shape index (κ2) is 11.5. The summed E-state index contributed by atoms with van der Waals surface area (Å²) in [6.07, 6.45) is 0.264. The molecule has 1 aliphatic rings.